The Morgan fingerprint density at radius 2 is 1.33 bits per heavy atom. The number of ketones is 1. The highest BCUT2D eigenvalue weighted by atomic mass is 32.2. The summed E-state index contributed by atoms with van der Waals surface area (Å²) in [6.45, 7) is 0. The number of alkyl halides is 6. The number of carbonyl (C=O) groups is 1. The fraction of sp³-hybridized carbons (Fsp3) is 0.588. The van der Waals surface area contributed by atoms with Crippen molar-refractivity contribution in [2.75, 3.05) is 0 Å². The van der Waals surface area contributed by atoms with Gasteiger partial charge >= 0.3 is 12.4 Å². The van der Waals surface area contributed by atoms with Crippen molar-refractivity contribution in [3.05, 3.63) is 34.9 Å². The van der Waals surface area contributed by atoms with E-state index in [1.165, 1.54) is 0 Å². The number of sulfone groups is 1. The number of benzene rings is 1. The van der Waals surface area contributed by atoms with E-state index in [4.69, 9.17) is 0 Å². The van der Waals surface area contributed by atoms with Gasteiger partial charge in [0.05, 0.1) is 21.6 Å². The van der Waals surface area contributed by atoms with Crippen LogP contribution in [-0.4, -0.2) is 24.7 Å². The third-order valence-electron chi connectivity index (χ3n) is 5.37. The molecule has 2 fully saturated rings. The van der Waals surface area contributed by atoms with E-state index in [1.54, 1.807) is 0 Å². The molecule has 1 aromatic carbocycles. The van der Waals surface area contributed by atoms with E-state index < -0.39 is 61.1 Å². The number of halogens is 6. The van der Waals surface area contributed by atoms with Crippen molar-refractivity contribution in [1.82, 2.24) is 0 Å². The smallest absolute Gasteiger partial charge is 0.294 e. The molecule has 2 bridgehead atoms. The van der Waals surface area contributed by atoms with Crippen molar-refractivity contribution in [2.45, 2.75) is 55.0 Å². The molecule has 2 atom stereocenters. The van der Waals surface area contributed by atoms with E-state index in [1.807, 2.05) is 0 Å². The van der Waals surface area contributed by atoms with Gasteiger partial charge in [-0.2, -0.15) is 26.3 Å². The van der Waals surface area contributed by atoms with Crippen LogP contribution in [0, 0.1) is 5.92 Å². The van der Waals surface area contributed by atoms with Gasteiger partial charge in [0, 0.05) is 11.5 Å². The Kier molecular flexibility index (Phi) is 4.85. The molecule has 0 spiro atoms. The van der Waals surface area contributed by atoms with Crippen LogP contribution in [0.5, 0.6) is 0 Å². The summed E-state index contributed by atoms with van der Waals surface area (Å²) in [4.78, 5) is 12.8. The summed E-state index contributed by atoms with van der Waals surface area (Å²) >= 11 is 0. The SMILES string of the molecule is O=C(c1c(C(F)(F)F)cccc1C(F)(F)F)C1CC2CCCC(C1)S2(=O)=O. The molecular weight excluding hydrogens is 398 g/mol. The molecule has 0 amide bonds. The normalized spacial score (nSPS) is 28.0. The molecule has 0 aliphatic carbocycles. The van der Waals surface area contributed by atoms with Gasteiger partial charge in [-0.15, -0.1) is 0 Å². The molecule has 0 N–H and O–H groups in total. The average Bonchev–Trinajstić information content (AvgIpc) is 2.50. The van der Waals surface area contributed by atoms with Gasteiger partial charge in [0.15, 0.2) is 15.6 Å². The molecule has 0 saturated carbocycles. The molecule has 2 saturated heterocycles. The van der Waals surface area contributed by atoms with Crippen LogP contribution >= 0.6 is 0 Å². The molecule has 2 unspecified atom stereocenters. The Hall–Kier alpha value is -1.58. The van der Waals surface area contributed by atoms with Gasteiger partial charge in [-0.3, -0.25) is 4.79 Å². The predicted molar refractivity (Wildman–Crippen MR) is 83.8 cm³/mol. The molecule has 27 heavy (non-hydrogen) atoms. The second-order valence-corrected chi connectivity index (χ2v) is 9.53. The summed E-state index contributed by atoms with van der Waals surface area (Å²) in [5.74, 6) is -2.45. The summed E-state index contributed by atoms with van der Waals surface area (Å²) in [6, 6.07) is 1.51. The molecule has 2 heterocycles. The first kappa shape index (κ1) is 20.2. The standard InChI is InChI=1S/C17H16F6O3S/c18-16(19,20)12-5-2-6-13(17(21,22)23)14(12)15(24)9-7-10-3-1-4-11(8-9)27(10,25)26/h2,5-6,9-11H,1,3-4,7-8H2. The van der Waals surface area contributed by atoms with E-state index in [9.17, 15) is 39.6 Å². The molecule has 2 aliphatic heterocycles. The number of hydrogen-bond donors (Lipinski definition) is 0. The zero-order valence-corrected chi connectivity index (χ0v) is 14.7. The summed E-state index contributed by atoms with van der Waals surface area (Å²) in [7, 11) is -3.49. The Labute approximate surface area is 151 Å². The van der Waals surface area contributed by atoms with Gasteiger partial charge in [0.25, 0.3) is 0 Å². The maximum absolute atomic E-state index is 13.3. The van der Waals surface area contributed by atoms with Crippen LogP contribution in [0.3, 0.4) is 0 Å². The zero-order valence-electron chi connectivity index (χ0n) is 13.9. The van der Waals surface area contributed by atoms with E-state index in [0.717, 1.165) is 0 Å². The maximum atomic E-state index is 13.3. The third-order valence-corrected chi connectivity index (χ3v) is 8.08. The summed E-state index contributed by atoms with van der Waals surface area (Å²) < 4.78 is 104. The quantitative estimate of drug-likeness (QED) is 0.523. The number of rotatable bonds is 2. The predicted octanol–water partition coefficient (Wildman–Crippen LogP) is 4.65. The zero-order chi connectivity index (χ0) is 20.2. The van der Waals surface area contributed by atoms with Gasteiger partial charge in [0.1, 0.15) is 0 Å². The number of fused-ring (bicyclic) bond motifs is 2. The summed E-state index contributed by atoms with van der Waals surface area (Å²) in [5, 5.41) is -1.77. The number of Topliss-reactive ketones (excluding diaryl/α,β-unsaturated/α-hetero) is 1. The summed E-state index contributed by atoms with van der Waals surface area (Å²) in [6.07, 6.45) is -9.58. The first-order valence-corrected chi connectivity index (χ1v) is 9.98. The van der Waals surface area contributed by atoms with Crippen molar-refractivity contribution in [1.29, 1.82) is 0 Å². The molecule has 10 heteroatoms. The fourth-order valence-electron chi connectivity index (χ4n) is 4.12. The van der Waals surface area contributed by atoms with Gasteiger partial charge in [0.2, 0.25) is 0 Å². The lowest BCUT2D eigenvalue weighted by atomic mass is 9.81. The largest absolute Gasteiger partial charge is 0.417 e. The van der Waals surface area contributed by atoms with Gasteiger partial charge in [-0.25, -0.2) is 8.42 Å². The van der Waals surface area contributed by atoms with Gasteiger partial charge < -0.3 is 0 Å². The van der Waals surface area contributed by atoms with E-state index in [2.05, 4.69) is 0 Å². The van der Waals surface area contributed by atoms with E-state index >= 15 is 0 Å². The second-order valence-electron chi connectivity index (χ2n) is 7.02. The van der Waals surface area contributed by atoms with E-state index in [-0.39, 0.29) is 25.7 Å². The van der Waals surface area contributed by atoms with Crippen LogP contribution in [0.15, 0.2) is 18.2 Å². The highest BCUT2D eigenvalue weighted by Crippen LogP contribution is 2.44. The fourth-order valence-corrected chi connectivity index (χ4v) is 6.65. The van der Waals surface area contributed by atoms with Crippen LogP contribution in [0.4, 0.5) is 26.3 Å². The van der Waals surface area contributed by atoms with Crippen molar-refractivity contribution >= 4 is 15.6 Å². The average molecular weight is 414 g/mol. The monoisotopic (exact) mass is 414 g/mol. The molecule has 0 aromatic heterocycles. The molecule has 3 nitrogen and oxygen atoms in total. The first-order valence-electron chi connectivity index (χ1n) is 8.37. The lowest BCUT2D eigenvalue weighted by Gasteiger charge is -2.38. The minimum atomic E-state index is -5.14. The van der Waals surface area contributed by atoms with E-state index in [0.29, 0.717) is 24.6 Å². The minimum Gasteiger partial charge on any atom is -0.294 e. The van der Waals surface area contributed by atoms with Crippen molar-refractivity contribution in [2.24, 2.45) is 5.92 Å². The van der Waals surface area contributed by atoms with Crippen LogP contribution in [-0.2, 0) is 22.2 Å². The van der Waals surface area contributed by atoms with Gasteiger partial charge in [-0.05, 0) is 37.8 Å². The minimum absolute atomic E-state index is 0.235. The number of carbonyl (C=O) groups excluding carboxylic acids is 1. The first-order chi connectivity index (χ1) is 12.3. The Balaban J connectivity index is 2.07. The third kappa shape index (κ3) is 3.60. The molecule has 0 radical (unpaired) electrons. The number of hydrogen-bond acceptors (Lipinski definition) is 3. The second kappa shape index (κ2) is 6.49. The highest BCUT2D eigenvalue weighted by molar-refractivity contribution is 7.92. The molecule has 150 valence electrons. The molecule has 1 aromatic rings. The Morgan fingerprint density at radius 1 is 0.889 bits per heavy atom. The van der Waals surface area contributed by atoms with Gasteiger partial charge in [-0.1, -0.05) is 12.5 Å². The van der Waals surface area contributed by atoms with Crippen LogP contribution < -0.4 is 0 Å². The molecule has 2 aliphatic rings. The van der Waals surface area contributed by atoms with Crippen molar-refractivity contribution < 1.29 is 39.6 Å². The molecular formula is C17H16F6O3S. The molecule has 3 rings (SSSR count). The highest BCUT2D eigenvalue weighted by Gasteiger charge is 2.49. The Bertz CT molecular complexity index is 804. The van der Waals surface area contributed by atoms with Crippen LogP contribution in [0.25, 0.3) is 0 Å². The van der Waals surface area contributed by atoms with Crippen molar-refractivity contribution in [3.63, 3.8) is 0 Å². The Morgan fingerprint density at radius 3 is 1.74 bits per heavy atom. The summed E-state index contributed by atoms with van der Waals surface area (Å²) in [5.41, 5.74) is -4.68. The van der Waals surface area contributed by atoms with Crippen LogP contribution in [0.2, 0.25) is 0 Å². The lowest BCUT2D eigenvalue weighted by molar-refractivity contribution is -0.143. The topological polar surface area (TPSA) is 51.2 Å². The van der Waals surface area contributed by atoms with Crippen LogP contribution in [0.1, 0.15) is 53.6 Å². The van der Waals surface area contributed by atoms with Crippen molar-refractivity contribution in [3.8, 4) is 0 Å². The maximum Gasteiger partial charge on any atom is 0.417 e. The lowest BCUT2D eigenvalue weighted by Crippen LogP contribution is -2.45.